The van der Waals surface area contributed by atoms with Gasteiger partial charge in [-0.1, -0.05) is 59.8 Å². The number of carbonyl (C=O) groups is 1. The zero-order valence-corrected chi connectivity index (χ0v) is 19.4. The Labute approximate surface area is 199 Å². The van der Waals surface area contributed by atoms with Crippen LogP contribution in [0, 0.1) is 0 Å². The minimum absolute atomic E-state index is 0.200. The van der Waals surface area contributed by atoms with Gasteiger partial charge in [-0.2, -0.15) is 0 Å². The molecule has 2 saturated heterocycles. The lowest BCUT2D eigenvalue weighted by Crippen LogP contribution is -2.28. The van der Waals surface area contributed by atoms with Gasteiger partial charge in [0.05, 0.1) is 17.0 Å². The summed E-state index contributed by atoms with van der Waals surface area (Å²) in [5, 5.41) is 0.582. The van der Waals surface area contributed by atoms with Crippen LogP contribution in [-0.4, -0.2) is 37.6 Å². The normalized spacial score (nSPS) is 17.8. The van der Waals surface area contributed by atoms with E-state index in [0.717, 1.165) is 31.5 Å². The maximum Gasteiger partial charge on any atom is 0.267 e. The number of amides is 1. The number of halogens is 1. The van der Waals surface area contributed by atoms with E-state index in [0.29, 0.717) is 31.3 Å². The average Bonchev–Trinajstić information content (AvgIpc) is 3.42. The van der Waals surface area contributed by atoms with E-state index in [2.05, 4.69) is 4.90 Å². The molecule has 32 heavy (non-hydrogen) atoms. The number of aromatic nitrogens is 2. The maximum atomic E-state index is 13.4. The summed E-state index contributed by atoms with van der Waals surface area (Å²) in [7, 11) is 0. The number of pyridine rings is 1. The van der Waals surface area contributed by atoms with Crippen molar-refractivity contribution in [3.05, 3.63) is 80.1 Å². The van der Waals surface area contributed by atoms with Crippen LogP contribution in [0.1, 0.15) is 24.0 Å². The summed E-state index contributed by atoms with van der Waals surface area (Å²) in [6.45, 7) is 1.96. The van der Waals surface area contributed by atoms with Crippen molar-refractivity contribution in [2.45, 2.75) is 19.4 Å². The van der Waals surface area contributed by atoms with Gasteiger partial charge in [0.15, 0.2) is 0 Å². The predicted molar refractivity (Wildman–Crippen MR) is 133 cm³/mol. The number of thioether (sulfide) groups is 1. The molecule has 0 atom stereocenters. The number of anilines is 1. The highest BCUT2D eigenvalue weighted by Gasteiger charge is 2.33. The Hall–Kier alpha value is -2.68. The Bertz CT molecular complexity index is 1330. The van der Waals surface area contributed by atoms with Crippen LogP contribution >= 0.6 is 35.6 Å². The number of hydrogen-bond acceptors (Lipinski definition) is 6. The van der Waals surface area contributed by atoms with Gasteiger partial charge in [0.25, 0.3) is 11.5 Å². The van der Waals surface area contributed by atoms with Gasteiger partial charge in [-0.05, 0) is 42.7 Å². The molecule has 0 saturated carbocycles. The molecule has 1 amide bonds. The first-order chi connectivity index (χ1) is 15.5. The van der Waals surface area contributed by atoms with E-state index in [1.807, 2.05) is 30.3 Å². The van der Waals surface area contributed by atoms with Gasteiger partial charge in [0.1, 0.15) is 15.8 Å². The molecule has 3 aromatic rings. The summed E-state index contributed by atoms with van der Waals surface area (Å²) in [4.78, 5) is 35.4. The molecule has 5 rings (SSSR count). The van der Waals surface area contributed by atoms with Crippen LogP contribution < -0.4 is 10.5 Å². The van der Waals surface area contributed by atoms with E-state index in [-0.39, 0.29) is 18.0 Å². The maximum absolute atomic E-state index is 13.4. The predicted octanol–water partition coefficient (Wildman–Crippen LogP) is 4.35. The number of carbonyl (C=O) groups excluding carboxylic acids is 1. The lowest BCUT2D eigenvalue weighted by molar-refractivity contribution is -0.122. The number of rotatable bonds is 4. The molecule has 9 heteroatoms. The van der Waals surface area contributed by atoms with Crippen molar-refractivity contribution in [1.82, 2.24) is 14.3 Å². The van der Waals surface area contributed by atoms with Crippen molar-refractivity contribution in [2.24, 2.45) is 0 Å². The molecule has 0 radical (unpaired) electrons. The molecular weight excluding hydrogens is 464 g/mol. The van der Waals surface area contributed by atoms with Crippen molar-refractivity contribution < 1.29 is 4.79 Å². The molecule has 6 nitrogen and oxygen atoms in total. The lowest BCUT2D eigenvalue weighted by Gasteiger charge is -2.19. The topological polar surface area (TPSA) is 57.9 Å². The number of hydrogen-bond donors (Lipinski definition) is 0. The molecule has 2 fully saturated rings. The highest BCUT2D eigenvalue weighted by Crippen LogP contribution is 2.35. The minimum atomic E-state index is -0.232. The van der Waals surface area contributed by atoms with E-state index in [1.165, 1.54) is 21.1 Å². The SMILES string of the molecule is O=C1C(=Cc2c(N3CCCC3)nc3ccccn3c2=O)SC(=S)N1Cc1ccccc1Cl. The Morgan fingerprint density at radius 3 is 2.62 bits per heavy atom. The van der Waals surface area contributed by atoms with Crippen LogP contribution in [0.25, 0.3) is 11.7 Å². The second-order valence-electron chi connectivity index (χ2n) is 7.64. The highest BCUT2D eigenvalue weighted by molar-refractivity contribution is 8.26. The fourth-order valence-electron chi connectivity index (χ4n) is 3.95. The Morgan fingerprint density at radius 2 is 1.84 bits per heavy atom. The molecule has 2 aliphatic heterocycles. The largest absolute Gasteiger partial charge is 0.356 e. The van der Waals surface area contributed by atoms with Gasteiger partial charge in [0.2, 0.25) is 0 Å². The van der Waals surface area contributed by atoms with Gasteiger partial charge in [0, 0.05) is 24.3 Å². The second-order valence-corrected chi connectivity index (χ2v) is 9.72. The third kappa shape index (κ3) is 3.83. The zero-order valence-electron chi connectivity index (χ0n) is 17.0. The number of fused-ring (bicyclic) bond motifs is 1. The summed E-state index contributed by atoms with van der Waals surface area (Å²) in [5.74, 6) is 0.389. The molecular formula is C23H19ClN4O2S2. The van der Waals surface area contributed by atoms with Crippen molar-refractivity contribution >= 4 is 63.3 Å². The number of thiocarbonyl (C=S) groups is 1. The van der Waals surface area contributed by atoms with Gasteiger partial charge >= 0.3 is 0 Å². The first-order valence-corrected chi connectivity index (χ1v) is 11.9. The lowest BCUT2D eigenvalue weighted by atomic mass is 10.2. The van der Waals surface area contributed by atoms with Crippen LogP contribution in [0.4, 0.5) is 5.82 Å². The first-order valence-electron chi connectivity index (χ1n) is 10.3. The molecule has 0 aliphatic carbocycles. The molecule has 2 aromatic heterocycles. The molecule has 4 heterocycles. The quantitative estimate of drug-likeness (QED) is 0.407. The monoisotopic (exact) mass is 482 g/mol. The fraction of sp³-hybridized carbons (Fsp3) is 0.217. The summed E-state index contributed by atoms with van der Waals surface area (Å²) >= 11 is 12.9. The zero-order chi connectivity index (χ0) is 22.2. The standard InChI is InChI=1S/C23H19ClN4O2S2/c24-17-8-2-1-7-15(17)14-28-22(30)18(32-23(28)31)13-16-20(26-10-5-6-11-26)25-19-9-3-4-12-27(19)21(16)29/h1-4,7-9,12-13H,5-6,10-11,14H2. The van der Waals surface area contributed by atoms with Crippen molar-refractivity contribution in [3.8, 4) is 0 Å². The van der Waals surface area contributed by atoms with E-state index >= 15 is 0 Å². The molecule has 1 aromatic carbocycles. The van der Waals surface area contributed by atoms with Crippen LogP contribution in [0.2, 0.25) is 5.02 Å². The van der Waals surface area contributed by atoms with Crippen molar-refractivity contribution in [2.75, 3.05) is 18.0 Å². The van der Waals surface area contributed by atoms with E-state index < -0.39 is 0 Å². The van der Waals surface area contributed by atoms with Crippen LogP contribution in [-0.2, 0) is 11.3 Å². The summed E-state index contributed by atoms with van der Waals surface area (Å²) in [6, 6.07) is 12.8. The summed E-state index contributed by atoms with van der Waals surface area (Å²) < 4.78 is 1.95. The van der Waals surface area contributed by atoms with E-state index in [4.69, 9.17) is 28.8 Å². The first kappa shape index (κ1) is 21.2. The average molecular weight is 483 g/mol. The number of benzene rings is 1. The van der Waals surface area contributed by atoms with Crippen molar-refractivity contribution in [1.29, 1.82) is 0 Å². The molecule has 0 bridgehead atoms. The highest BCUT2D eigenvalue weighted by atomic mass is 35.5. The van der Waals surface area contributed by atoms with Crippen molar-refractivity contribution in [3.63, 3.8) is 0 Å². The second kappa shape index (κ2) is 8.69. The van der Waals surface area contributed by atoms with Crippen LogP contribution in [0.5, 0.6) is 0 Å². The third-order valence-corrected chi connectivity index (χ3v) is 7.34. The summed E-state index contributed by atoms with van der Waals surface area (Å²) in [5.41, 5.74) is 1.61. The minimum Gasteiger partial charge on any atom is -0.356 e. The molecule has 0 N–H and O–H groups in total. The van der Waals surface area contributed by atoms with Gasteiger partial charge < -0.3 is 4.90 Å². The Morgan fingerprint density at radius 1 is 1.09 bits per heavy atom. The van der Waals surface area contributed by atoms with Crippen LogP contribution in [0.3, 0.4) is 0 Å². The van der Waals surface area contributed by atoms with Gasteiger partial charge in [-0.3, -0.25) is 18.9 Å². The van der Waals surface area contributed by atoms with Gasteiger partial charge in [-0.25, -0.2) is 4.98 Å². The van der Waals surface area contributed by atoms with E-state index in [9.17, 15) is 9.59 Å². The van der Waals surface area contributed by atoms with Gasteiger partial charge in [-0.15, -0.1) is 0 Å². The molecule has 0 spiro atoms. The fourth-order valence-corrected chi connectivity index (χ4v) is 5.38. The molecule has 2 aliphatic rings. The Balaban J connectivity index is 1.56. The number of nitrogens with zero attached hydrogens (tertiary/aromatic N) is 4. The Kier molecular flexibility index (Phi) is 5.75. The third-order valence-electron chi connectivity index (χ3n) is 5.59. The van der Waals surface area contributed by atoms with Crippen LogP contribution in [0.15, 0.2) is 58.4 Å². The molecule has 0 unspecified atom stereocenters. The smallest absolute Gasteiger partial charge is 0.267 e. The molecule has 162 valence electrons. The van der Waals surface area contributed by atoms with E-state index in [1.54, 1.807) is 24.4 Å². The summed E-state index contributed by atoms with van der Waals surface area (Å²) in [6.07, 6.45) is 5.44.